The molecule has 0 amide bonds. The minimum absolute atomic E-state index is 0.161. The number of benzene rings is 1. The van der Waals surface area contributed by atoms with Crippen LogP contribution in [0, 0.1) is 5.41 Å². The van der Waals surface area contributed by atoms with Crippen molar-refractivity contribution in [1.29, 1.82) is 0 Å². The van der Waals surface area contributed by atoms with Crippen molar-refractivity contribution in [2.75, 3.05) is 36.8 Å². The lowest BCUT2D eigenvalue weighted by Gasteiger charge is -2.31. The van der Waals surface area contributed by atoms with E-state index in [2.05, 4.69) is 64.8 Å². The summed E-state index contributed by atoms with van der Waals surface area (Å²) in [5.41, 5.74) is 8.71. The molecule has 1 aliphatic heterocycles. The van der Waals surface area contributed by atoms with Gasteiger partial charge in [-0.05, 0) is 67.9 Å². The third-order valence-electron chi connectivity index (χ3n) is 5.43. The maximum atomic E-state index is 5.82. The van der Waals surface area contributed by atoms with Gasteiger partial charge in [0.1, 0.15) is 5.82 Å². The van der Waals surface area contributed by atoms with E-state index in [1.54, 1.807) is 6.20 Å². The van der Waals surface area contributed by atoms with Crippen molar-refractivity contribution >= 4 is 11.8 Å². The number of nitrogens with two attached hydrogens (primary N) is 1. The van der Waals surface area contributed by atoms with Crippen LogP contribution in [0.2, 0.25) is 0 Å². The topological polar surface area (TPSA) is 58.3 Å². The largest absolute Gasteiger partial charge is 0.368 e. The fourth-order valence-electron chi connectivity index (χ4n) is 4.05. The van der Waals surface area contributed by atoms with Crippen LogP contribution in [-0.4, -0.2) is 41.0 Å². The van der Waals surface area contributed by atoms with Crippen LogP contribution < -0.4 is 10.6 Å². The van der Waals surface area contributed by atoms with Crippen LogP contribution in [0.4, 0.5) is 11.8 Å². The first-order valence-corrected chi connectivity index (χ1v) is 11.0. The molecule has 2 aromatic rings. The second-order valence-electron chi connectivity index (χ2n) is 9.51. The first kappa shape index (κ1) is 21.6. The Labute approximate surface area is 176 Å². The quantitative estimate of drug-likeness (QED) is 0.712. The smallest absolute Gasteiger partial charge is 0.221 e. The molecule has 1 aromatic heterocycles. The number of aryl methyl sites for hydroxylation is 1. The summed E-state index contributed by atoms with van der Waals surface area (Å²) in [6, 6.07) is 11.0. The molecule has 3 rings (SSSR count). The summed E-state index contributed by atoms with van der Waals surface area (Å²) in [5.74, 6) is 1.21. The van der Waals surface area contributed by atoms with Crippen molar-refractivity contribution in [3.05, 3.63) is 47.7 Å². The number of anilines is 2. The van der Waals surface area contributed by atoms with Crippen LogP contribution in [0.25, 0.3) is 0 Å². The van der Waals surface area contributed by atoms with Gasteiger partial charge in [-0.1, -0.05) is 51.5 Å². The number of hydrogen-bond acceptors (Lipinski definition) is 5. The van der Waals surface area contributed by atoms with Gasteiger partial charge in [-0.3, -0.25) is 0 Å². The predicted molar refractivity (Wildman–Crippen MR) is 122 cm³/mol. The molecular weight excluding hydrogens is 358 g/mol. The van der Waals surface area contributed by atoms with E-state index >= 15 is 0 Å². The van der Waals surface area contributed by atoms with E-state index in [9.17, 15) is 0 Å². The van der Waals surface area contributed by atoms with E-state index < -0.39 is 0 Å². The molecule has 0 unspecified atom stereocenters. The van der Waals surface area contributed by atoms with Crippen molar-refractivity contribution < 1.29 is 0 Å². The van der Waals surface area contributed by atoms with Gasteiger partial charge in [0.25, 0.3) is 0 Å². The molecule has 29 heavy (non-hydrogen) atoms. The Kier molecular flexibility index (Phi) is 7.48. The van der Waals surface area contributed by atoms with Gasteiger partial charge in [0.05, 0.1) is 0 Å². The van der Waals surface area contributed by atoms with Gasteiger partial charge < -0.3 is 15.5 Å². The summed E-state index contributed by atoms with van der Waals surface area (Å²) in [7, 11) is 0. The number of nitrogens with zero attached hydrogens (tertiary/aromatic N) is 4. The molecule has 0 saturated carbocycles. The average Bonchev–Trinajstić information content (AvgIpc) is 2.69. The molecule has 1 saturated heterocycles. The molecule has 158 valence electrons. The number of nitrogen functional groups attached to an aromatic ring is 1. The summed E-state index contributed by atoms with van der Waals surface area (Å²) < 4.78 is 0. The second kappa shape index (κ2) is 10.1. The molecule has 0 bridgehead atoms. The first-order valence-electron chi connectivity index (χ1n) is 11.0. The summed E-state index contributed by atoms with van der Waals surface area (Å²) in [6.07, 6.45) is 8.29. The lowest BCUT2D eigenvalue weighted by molar-refractivity contribution is 0.226. The lowest BCUT2D eigenvalue weighted by atomic mass is 9.95. The van der Waals surface area contributed by atoms with Gasteiger partial charge in [0.2, 0.25) is 5.95 Å². The molecule has 5 heteroatoms. The van der Waals surface area contributed by atoms with Crippen LogP contribution in [0.5, 0.6) is 0 Å². The van der Waals surface area contributed by atoms with Crippen molar-refractivity contribution in [2.45, 2.75) is 59.4 Å². The van der Waals surface area contributed by atoms with E-state index in [-0.39, 0.29) is 5.41 Å². The van der Waals surface area contributed by atoms with Crippen molar-refractivity contribution in [3.8, 4) is 0 Å². The second-order valence-corrected chi connectivity index (χ2v) is 9.51. The minimum Gasteiger partial charge on any atom is -0.368 e. The molecule has 0 aliphatic carbocycles. The first-order chi connectivity index (χ1) is 13.9. The lowest BCUT2D eigenvalue weighted by Crippen LogP contribution is -2.33. The maximum absolute atomic E-state index is 5.82. The minimum atomic E-state index is 0.161. The molecule has 1 aromatic carbocycles. The number of hydrogen-bond donors (Lipinski definition) is 1. The predicted octanol–water partition coefficient (Wildman–Crippen LogP) is 4.53. The number of likely N-dealkylation sites (tertiary alicyclic amines) is 1. The van der Waals surface area contributed by atoms with Crippen molar-refractivity contribution in [2.24, 2.45) is 5.41 Å². The van der Waals surface area contributed by atoms with Crippen LogP contribution in [0.15, 0.2) is 36.5 Å². The number of rotatable bonds is 8. The van der Waals surface area contributed by atoms with E-state index in [0.717, 1.165) is 25.3 Å². The molecule has 1 fully saturated rings. The Balaban J connectivity index is 1.58. The zero-order valence-electron chi connectivity index (χ0n) is 18.4. The zero-order chi connectivity index (χ0) is 20.7. The van der Waals surface area contributed by atoms with E-state index in [4.69, 9.17) is 5.73 Å². The van der Waals surface area contributed by atoms with Gasteiger partial charge in [0, 0.05) is 19.3 Å². The highest BCUT2D eigenvalue weighted by molar-refractivity contribution is 5.42. The molecule has 2 heterocycles. The van der Waals surface area contributed by atoms with Gasteiger partial charge in [-0.2, -0.15) is 4.98 Å². The average molecular weight is 396 g/mol. The van der Waals surface area contributed by atoms with Crippen molar-refractivity contribution in [1.82, 2.24) is 14.9 Å². The highest BCUT2D eigenvalue weighted by Crippen LogP contribution is 2.23. The van der Waals surface area contributed by atoms with E-state index in [1.165, 1.54) is 56.4 Å². The van der Waals surface area contributed by atoms with Crippen LogP contribution in [0.3, 0.4) is 0 Å². The Morgan fingerprint density at radius 3 is 2.34 bits per heavy atom. The molecule has 0 radical (unpaired) electrons. The van der Waals surface area contributed by atoms with Crippen LogP contribution in [0.1, 0.15) is 57.6 Å². The molecule has 0 spiro atoms. The van der Waals surface area contributed by atoms with Gasteiger partial charge in [-0.15, -0.1) is 0 Å². The van der Waals surface area contributed by atoms with E-state index in [0.29, 0.717) is 5.95 Å². The maximum Gasteiger partial charge on any atom is 0.221 e. The highest BCUT2D eigenvalue weighted by Gasteiger charge is 2.18. The molecular formula is C24H37N5. The third-order valence-corrected chi connectivity index (χ3v) is 5.43. The van der Waals surface area contributed by atoms with Gasteiger partial charge in [0.15, 0.2) is 0 Å². The van der Waals surface area contributed by atoms with Gasteiger partial charge in [-0.25, -0.2) is 4.98 Å². The normalized spacial score (nSPS) is 15.4. The summed E-state index contributed by atoms with van der Waals surface area (Å²) in [4.78, 5) is 13.4. The zero-order valence-corrected chi connectivity index (χ0v) is 18.4. The summed E-state index contributed by atoms with van der Waals surface area (Å²) >= 11 is 0. The van der Waals surface area contributed by atoms with E-state index in [1.807, 2.05) is 6.07 Å². The highest BCUT2D eigenvalue weighted by atomic mass is 15.2. The standard InChI is InChI=1S/C24H37N5/c1-24(2,3)19-29(22-13-14-26-23(25)27-22)18-21-11-9-20(10-12-21)8-7-17-28-15-5-4-6-16-28/h9-14H,4-8,15-19H2,1-3H3,(H2,25,26,27). The SMILES string of the molecule is CC(C)(C)CN(Cc1ccc(CCCN2CCCCC2)cc1)c1ccnc(N)n1. The fraction of sp³-hybridized carbons (Fsp3) is 0.583. The molecule has 1 aliphatic rings. The molecule has 5 nitrogen and oxygen atoms in total. The Bertz CT molecular complexity index is 745. The van der Waals surface area contributed by atoms with Crippen LogP contribution in [-0.2, 0) is 13.0 Å². The molecule has 2 N–H and O–H groups in total. The third kappa shape index (κ3) is 7.32. The Morgan fingerprint density at radius 2 is 1.69 bits per heavy atom. The van der Waals surface area contributed by atoms with Crippen LogP contribution >= 0.6 is 0 Å². The Morgan fingerprint density at radius 1 is 1.00 bits per heavy atom. The Hall–Kier alpha value is -2.14. The monoisotopic (exact) mass is 395 g/mol. The summed E-state index contributed by atoms with van der Waals surface area (Å²) in [5, 5.41) is 0. The van der Waals surface area contributed by atoms with Crippen molar-refractivity contribution in [3.63, 3.8) is 0 Å². The molecule has 0 atom stereocenters. The summed E-state index contributed by atoms with van der Waals surface area (Å²) in [6.45, 7) is 12.3. The fourth-order valence-corrected chi connectivity index (χ4v) is 4.05. The van der Waals surface area contributed by atoms with Gasteiger partial charge >= 0.3 is 0 Å². The number of aromatic nitrogens is 2. The number of piperidine rings is 1.